The maximum absolute atomic E-state index is 13.2. The van der Waals surface area contributed by atoms with Gasteiger partial charge in [0.25, 0.3) is 0 Å². The van der Waals surface area contributed by atoms with E-state index in [-0.39, 0.29) is 0 Å². The third-order valence-corrected chi connectivity index (χ3v) is 8.02. The number of alkyl halides is 1. The summed E-state index contributed by atoms with van der Waals surface area (Å²) in [5.41, 5.74) is 1.21. The Balaban J connectivity index is 1.94. The number of nitrogens with zero attached hydrogens (tertiary/aromatic N) is 2. The summed E-state index contributed by atoms with van der Waals surface area (Å²) in [5, 5.41) is 0.813. The number of hydrogen-bond acceptors (Lipinski definition) is 3. The topological polar surface area (TPSA) is 32.8 Å². The average molecular weight is 462 g/mol. The summed E-state index contributed by atoms with van der Waals surface area (Å²) in [6.07, 6.45) is 8.56. The standard InChI is InChI=1S/C21H37BrN2O2S/c1-5-17(3)8-13-23(4)19-9-14-24(15-10-19)27(25)20(6-2)21-18(7-12-22)11-16-26-21/h7,17,19H,5-6,8-16H2,1-4H3/b18-7-,21-20-. The fourth-order valence-corrected chi connectivity index (χ4v) is 5.64. The Hall–Kier alpha value is -0.170. The van der Waals surface area contributed by atoms with Crippen molar-refractivity contribution < 1.29 is 8.95 Å². The summed E-state index contributed by atoms with van der Waals surface area (Å²) in [5.74, 6) is 1.69. The second-order valence-corrected chi connectivity index (χ2v) is 9.94. The molecule has 0 N–H and O–H groups in total. The van der Waals surface area contributed by atoms with Crippen LogP contribution in [0.2, 0.25) is 0 Å². The van der Waals surface area contributed by atoms with E-state index in [1.54, 1.807) is 0 Å². The van der Waals surface area contributed by atoms with Crippen LogP contribution in [0.1, 0.15) is 59.3 Å². The normalized spacial score (nSPS) is 25.0. The van der Waals surface area contributed by atoms with Gasteiger partial charge in [0.2, 0.25) is 0 Å². The number of halogens is 1. The van der Waals surface area contributed by atoms with Crippen molar-refractivity contribution in [1.29, 1.82) is 0 Å². The van der Waals surface area contributed by atoms with Gasteiger partial charge in [0.15, 0.2) is 0 Å². The molecular weight excluding hydrogens is 424 g/mol. The van der Waals surface area contributed by atoms with E-state index in [0.29, 0.717) is 12.6 Å². The van der Waals surface area contributed by atoms with Crippen molar-refractivity contribution in [1.82, 2.24) is 9.21 Å². The fourth-order valence-electron chi connectivity index (χ4n) is 3.80. The third-order valence-electron chi connectivity index (χ3n) is 5.97. The molecule has 27 heavy (non-hydrogen) atoms. The molecule has 2 saturated heterocycles. The first-order valence-corrected chi connectivity index (χ1v) is 12.7. The van der Waals surface area contributed by atoms with Crippen molar-refractivity contribution in [3.8, 4) is 0 Å². The minimum absolute atomic E-state index is 0.617. The van der Waals surface area contributed by atoms with Crippen LogP contribution in [0.25, 0.3) is 0 Å². The maximum atomic E-state index is 13.2. The van der Waals surface area contributed by atoms with Crippen molar-refractivity contribution >= 4 is 26.9 Å². The number of allylic oxidation sites excluding steroid dienone is 3. The number of hydrogen-bond donors (Lipinski definition) is 0. The minimum Gasteiger partial charge on any atom is -0.492 e. The maximum Gasteiger partial charge on any atom is 0.135 e. The molecule has 0 saturated carbocycles. The lowest BCUT2D eigenvalue weighted by Gasteiger charge is -2.36. The van der Waals surface area contributed by atoms with Crippen LogP contribution in [0.5, 0.6) is 0 Å². The van der Waals surface area contributed by atoms with Crippen molar-refractivity contribution in [3.63, 3.8) is 0 Å². The zero-order valence-electron chi connectivity index (χ0n) is 17.5. The largest absolute Gasteiger partial charge is 0.492 e. The molecule has 0 aromatic heterocycles. The highest BCUT2D eigenvalue weighted by Crippen LogP contribution is 2.31. The van der Waals surface area contributed by atoms with Gasteiger partial charge in [0, 0.05) is 30.9 Å². The molecule has 2 rings (SSSR count). The van der Waals surface area contributed by atoms with E-state index in [1.165, 1.54) is 25.0 Å². The molecule has 0 aromatic rings. The summed E-state index contributed by atoms with van der Waals surface area (Å²) in [7, 11) is 1.17. The van der Waals surface area contributed by atoms with Gasteiger partial charge in [-0.05, 0) is 50.8 Å². The SMILES string of the molecule is CC/C(=C1/OCC/C1=C/CBr)S(=O)N1CCC(N(C)CCC(C)CC)CC1. The van der Waals surface area contributed by atoms with Gasteiger partial charge in [0.05, 0.1) is 11.5 Å². The molecule has 2 aliphatic heterocycles. The molecule has 0 aliphatic carbocycles. The highest BCUT2D eigenvalue weighted by Gasteiger charge is 2.29. The third kappa shape index (κ3) is 6.41. The van der Waals surface area contributed by atoms with Gasteiger partial charge in [-0.3, -0.25) is 0 Å². The zero-order valence-corrected chi connectivity index (χ0v) is 19.9. The van der Waals surface area contributed by atoms with E-state index >= 15 is 0 Å². The van der Waals surface area contributed by atoms with Crippen molar-refractivity contribution in [2.45, 2.75) is 65.3 Å². The molecule has 0 aromatic carbocycles. The highest BCUT2D eigenvalue weighted by atomic mass is 79.9. The van der Waals surface area contributed by atoms with Crippen LogP contribution in [-0.2, 0) is 15.7 Å². The molecule has 2 heterocycles. The molecular formula is C21H37BrN2O2S. The molecule has 156 valence electrons. The van der Waals surface area contributed by atoms with E-state index in [0.717, 1.165) is 60.7 Å². The van der Waals surface area contributed by atoms with E-state index in [2.05, 4.69) is 59.0 Å². The highest BCUT2D eigenvalue weighted by molar-refractivity contribution is 9.09. The van der Waals surface area contributed by atoms with Crippen LogP contribution < -0.4 is 0 Å². The van der Waals surface area contributed by atoms with Gasteiger partial charge >= 0.3 is 0 Å². The number of ether oxygens (including phenoxy) is 1. The first-order chi connectivity index (χ1) is 13.0. The van der Waals surface area contributed by atoms with Crippen LogP contribution in [0.3, 0.4) is 0 Å². The predicted octanol–water partition coefficient (Wildman–Crippen LogP) is 4.85. The fraction of sp³-hybridized carbons (Fsp3) is 0.810. The second-order valence-electron chi connectivity index (χ2n) is 7.78. The summed E-state index contributed by atoms with van der Waals surface area (Å²) in [6, 6.07) is 0.617. The number of piperidine rings is 1. The lowest BCUT2D eigenvalue weighted by Crippen LogP contribution is -2.44. The molecule has 0 amide bonds. The smallest absolute Gasteiger partial charge is 0.135 e. The lowest BCUT2D eigenvalue weighted by molar-refractivity contribution is 0.163. The van der Waals surface area contributed by atoms with Crippen LogP contribution in [0, 0.1) is 5.92 Å². The van der Waals surface area contributed by atoms with Gasteiger partial charge < -0.3 is 9.64 Å². The Morgan fingerprint density at radius 1 is 1.41 bits per heavy atom. The molecule has 2 fully saturated rings. The van der Waals surface area contributed by atoms with Crippen molar-refractivity contribution in [2.24, 2.45) is 5.92 Å². The quantitative estimate of drug-likeness (QED) is 0.461. The minimum atomic E-state index is -1.09. The van der Waals surface area contributed by atoms with Crippen molar-refractivity contribution in [3.05, 3.63) is 22.3 Å². The monoisotopic (exact) mass is 460 g/mol. The Bertz CT molecular complexity index is 556. The Labute approximate surface area is 177 Å². The van der Waals surface area contributed by atoms with Gasteiger partial charge in [0.1, 0.15) is 16.7 Å². The van der Waals surface area contributed by atoms with E-state index in [9.17, 15) is 4.21 Å². The van der Waals surface area contributed by atoms with E-state index in [1.807, 2.05) is 0 Å². The molecule has 4 nitrogen and oxygen atoms in total. The number of rotatable bonds is 9. The van der Waals surface area contributed by atoms with Gasteiger partial charge in [-0.2, -0.15) is 0 Å². The van der Waals surface area contributed by atoms with Crippen LogP contribution in [0.15, 0.2) is 22.3 Å². The Kier molecular flexibility index (Phi) is 10.0. The van der Waals surface area contributed by atoms with Crippen LogP contribution >= 0.6 is 15.9 Å². The molecule has 0 spiro atoms. The summed E-state index contributed by atoms with van der Waals surface area (Å²) < 4.78 is 21.3. The summed E-state index contributed by atoms with van der Waals surface area (Å²) in [4.78, 5) is 3.48. The first kappa shape index (κ1) is 23.1. The average Bonchev–Trinajstić information content (AvgIpc) is 3.14. The summed E-state index contributed by atoms with van der Waals surface area (Å²) >= 11 is 3.47. The molecule has 2 unspecified atom stereocenters. The Morgan fingerprint density at radius 2 is 2.11 bits per heavy atom. The van der Waals surface area contributed by atoms with Gasteiger partial charge in [-0.1, -0.05) is 49.2 Å². The van der Waals surface area contributed by atoms with E-state index in [4.69, 9.17) is 4.74 Å². The van der Waals surface area contributed by atoms with Crippen LogP contribution in [-0.4, -0.2) is 58.1 Å². The van der Waals surface area contributed by atoms with Crippen molar-refractivity contribution in [2.75, 3.05) is 38.6 Å². The summed E-state index contributed by atoms with van der Waals surface area (Å²) in [6.45, 7) is 10.4. The van der Waals surface area contributed by atoms with Gasteiger partial charge in [-0.25, -0.2) is 8.51 Å². The van der Waals surface area contributed by atoms with E-state index < -0.39 is 11.0 Å². The molecule has 2 atom stereocenters. The predicted molar refractivity (Wildman–Crippen MR) is 119 cm³/mol. The second kappa shape index (κ2) is 11.7. The van der Waals surface area contributed by atoms with Gasteiger partial charge in [-0.15, -0.1) is 0 Å². The first-order valence-electron chi connectivity index (χ1n) is 10.5. The van der Waals surface area contributed by atoms with Crippen LogP contribution in [0.4, 0.5) is 0 Å². The molecule has 6 heteroatoms. The lowest BCUT2D eigenvalue weighted by atomic mass is 10.0. The molecule has 0 radical (unpaired) electrons. The Morgan fingerprint density at radius 3 is 2.70 bits per heavy atom. The zero-order chi connectivity index (χ0) is 19.8. The molecule has 2 aliphatic rings. The molecule has 0 bridgehead atoms.